The van der Waals surface area contributed by atoms with Crippen molar-refractivity contribution in [3.05, 3.63) is 35.4 Å². The number of halogens is 2. The molecule has 0 spiro atoms. The summed E-state index contributed by atoms with van der Waals surface area (Å²) in [4.78, 5) is 23.1. The van der Waals surface area contributed by atoms with Gasteiger partial charge in [-0.3, -0.25) is 9.59 Å². The number of hydrogen-bond donors (Lipinski definition) is 2. The van der Waals surface area contributed by atoms with Gasteiger partial charge < -0.3 is 11.1 Å². The Balaban J connectivity index is 2.80. The molecular formula is C14H15F2N3O2. The largest absolute Gasteiger partial charge is 0.368 e. The topological polar surface area (TPSA) is 96.0 Å². The summed E-state index contributed by atoms with van der Waals surface area (Å²) in [5.41, 5.74) is 4.77. The molecule has 112 valence electrons. The molecule has 2 atom stereocenters. The molecule has 1 aromatic carbocycles. The van der Waals surface area contributed by atoms with Crippen LogP contribution in [0.3, 0.4) is 0 Å². The molecule has 0 fully saturated rings. The number of nitriles is 1. The van der Waals surface area contributed by atoms with Gasteiger partial charge in [0.1, 0.15) is 17.7 Å². The van der Waals surface area contributed by atoms with Gasteiger partial charge in [-0.2, -0.15) is 5.26 Å². The molecule has 1 rings (SSSR count). The Bertz CT molecular complexity index is 564. The van der Waals surface area contributed by atoms with Crippen molar-refractivity contribution < 1.29 is 18.4 Å². The average Bonchev–Trinajstić information content (AvgIpc) is 2.40. The Morgan fingerprint density at radius 2 is 1.95 bits per heavy atom. The first-order valence-corrected chi connectivity index (χ1v) is 6.25. The van der Waals surface area contributed by atoms with Crippen LogP contribution in [0.1, 0.15) is 18.9 Å². The molecule has 0 heterocycles. The summed E-state index contributed by atoms with van der Waals surface area (Å²) in [6.07, 6.45) is -0.538. The Labute approximate surface area is 120 Å². The zero-order valence-corrected chi connectivity index (χ0v) is 11.4. The van der Waals surface area contributed by atoms with Crippen LogP contribution in [0.2, 0.25) is 0 Å². The number of carbonyl (C=O) groups excluding carboxylic acids is 2. The normalized spacial score (nSPS) is 13.0. The Morgan fingerprint density at radius 1 is 1.38 bits per heavy atom. The van der Waals surface area contributed by atoms with E-state index in [-0.39, 0.29) is 12.0 Å². The summed E-state index contributed by atoms with van der Waals surface area (Å²) < 4.78 is 26.9. The molecule has 0 saturated heterocycles. The third-order valence-corrected chi connectivity index (χ3v) is 3.00. The first-order valence-electron chi connectivity index (χ1n) is 6.25. The highest BCUT2D eigenvalue weighted by atomic mass is 19.1. The van der Waals surface area contributed by atoms with E-state index in [9.17, 15) is 18.4 Å². The average molecular weight is 295 g/mol. The molecule has 0 bridgehead atoms. The van der Waals surface area contributed by atoms with Gasteiger partial charge in [0.2, 0.25) is 11.8 Å². The van der Waals surface area contributed by atoms with Gasteiger partial charge in [-0.1, -0.05) is 13.0 Å². The molecule has 0 aliphatic heterocycles. The summed E-state index contributed by atoms with van der Waals surface area (Å²) in [6, 6.07) is 4.06. The third kappa shape index (κ3) is 4.53. The second kappa shape index (κ2) is 7.33. The molecule has 3 N–H and O–H groups in total. The molecule has 2 amide bonds. The lowest BCUT2D eigenvalue weighted by molar-refractivity contribution is -0.128. The van der Waals surface area contributed by atoms with Crippen LogP contribution in [-0.2, 0) is 16.0 Å². The van der Waals surface area contributed by atoms with E-state index in [1.807, 2.05) is 6.07 Å². The fourth-order valence-electron chi connectivity index (χ4n) is 1.84. The highest BCUT2D eigenvalue weighted by Crippen LogP contribution is 2.13. The quantitative estimate of drug-likeness (QED) is 0.820. The number of benzene rings is 1. The van der Waals surface area contributed by atoms with Gasteiger partial charge in [-0.25, -0.2) is 8.78 Å². The fourth-order valence-corrected chi connectivity index (χ4v) is 1.84. The van der Waals surface area contributed by atoms with Crippen molar-refractivity contribution in [2.45, 2.75) is 25.8 Å². The number of primary amides is 1. The number of amides is 2. The second-order valence-corrected chi connectivity index (χ2v) is 4.66. The van der Waals surface area contributed by atoms with Crippen LogP contribution in [0.4, 0.5) is 8.78 Å². The van der Waals surface area contributed by atoms with Crippen molar-refractivity contribution in [2.24, 2.45) is 11.7 Å². The molecule has 21 heavy (non-hydrogen) atoms. The molecule has 7 heteroatoms. The lowest BCUT2D eigenvalue weighted by atomic mass is 9.98. The highest BCUT2D eigenvalue weighted by molar-refractivity contribution is 5.87. The van der Waals surface area contributed by atoms with E-state index in [4.69, 9.17) is 11.0 Å². The van der Waals surface area contributed by atoms with Gasteiger partial charge in [0.05, 0.1) is 12.5 Å². The molecule has 0 aliphatic rings. The van der Waals surface area contributed by atoms with E-state index < -0.39 is 41.8 Å². The molecule has 5 nitrogen and oxygen atoms in total. The van der Waals surface area contributed by atoms with Crippen molar-refractivity contribution in [3.63, 3.8) is 0 Å². The van der Waals surface area contributed by atoms with Gasteiger partial charge in [-0.15, -0.1) is 0 Å². The van der Waals surface area contributed by atoms with Crippen LogP contribution >= 0.6 is 0 Å². The zero-order chi connectivity index (χ0) is 16.0. The number of hydrogen-bond acceptors (Lipinski definition) is 3. The predicted octanol–water partition coefficient (Wildman–Crippen LogP) is 1.03. The molecule has 0 aromatic heterocycles. The standard InChI is InChI=1S/C14H15F2N3O2/c1-8(5-6-17)13(14(18)21)19-12(20)7-9-10(15)3-2-4-11(9)16/h2-4,8,13H,5,7H2,1H3,(H2,18,21)(H,19,20)/t8-,13+/m1/s1. The molecule has 0 radical (unpaired) electrons. The molecule has 0 unspecified atom stereocenters. The van der Waals surface area contributed by atoms with Crippen LogP contribution in [0.25, 0.3) is 0 Å². The number of nitrogens with zero attached hydrogens (tertiary/aromatic N) is 1. The van der Waals surface area contributed by atoms with Crippen LogP contribution < -0.4 is 11.1 Å². The van der Waals surface area contributed by atoms with Crippen LogP contribution in [0, 0.1) is 28.9 Å². The van der Waals surface area contributed by atoms with Gasteiger partial charge in [-0.05, 0) is 18.1 Å². The predicted molar refractivity (Wildman–Crippen MR) is 70.6 cm³/mol. The van der Waals surface area contributed by atoms with E-state index in [1.165, 1.54) is 6.07 Å². The summed E-state index contributed by atoms with van der Waals surface area (Å²) in [6.45, 7) is 1.57. The van der Waals surface area contributed by atoms with Crippen LogP contribution in [0.15, 0.2) is 18.2 Å². The lowest BCUT2D eigenvalue weighted by Gasteiger charge is -2.20. The van der Waals surface area contributed by atoms with Crippen molar-refractivity contribution in [2.75, 3.05) is 0 Å². The van der Waals surface area contributed by atoms with Gasteiger partial charge in [0.15, 0.2) is 0 Å². The maximum absolute atomic E-state index is 13.4. The molecule has 0 saturated carbocycles. The van der Waals surface area contributed by atoms with Crippen molar-refractivity contribution >= 4 is 11.8 Å². The van der Waals surface area contributed by atoms with E-state index in [0.717, 1.165) is 12.1 Å². The van der Waals surface area contributed by atoms with E-state index in [2.05, 4.69) is 5.32 Å². The van der Waals surface area contributed by atoms with Crippen LogP contribution in [0.5, 0.6) is 0 Å². The molecule has 0 aliphatic carbocycles. The minimum atomic E-state index is -1.06. The smallest absolute Gasteiger partial charge is 0.240 e. The second-order valence-electron chi connectivity index (χ2n) is 4.66. The van der Waals surface area contributed by atoms with Gasteiger partial charge >= 0.3 is 0 Å². The summed E-state index contributed by atoms with van der Waals surface area (Å²) in [7, 11) is 0. The molecule has 1 aromatic rings. The monoisotopic (exact) mass is 295 g/mol. The van der Waals surface area contributed by atoms with Crippen molar-refractivity contribution in [1.82, 2.24) is 5.32 Å². The number of nitrogens with one attached hydrogen (secondary N) is 1. The van der Waals surface area contributed by atoms with E-state index in [0.29, 0.717) is 0 Å². The number of nitrogens with two attached hydrogens (primary N) is 1. The maximum atomic E-state index is 13.4. The number of rotatable bonds is 6. The minimum absolute atomic E-state index is 0.0158. The summed E-state index contributed by atoms with van der Waals surface area (Å²) in [5, 5.41) is 10.9. The highest BCUT2D eigenvalue weighted by Gasteiger charge is 2.25. The zero-order valence-electron chi connectivity index (χ0n) is 11.4. The first kappa shape index (κ1) is 16.6. The van der Waals surface area contributed by atoms with Gasteiger partial charge in [0.25, 0.3) is 0 Å². The molecular weight excluding hydrogens is 280 g/mol. The van der Waals surface area contributed by atoms with Crippen molar-refractivity contribution in [3.8, 4) is 6.07 Å². The Morgan fingerprint density at radius 3 is 2.43 bits per heavy atom. The first-order chi connectivity index (χ1) is 9.86. The summed E-state index contributed by atoms with van der Waals surface area (Å²) >= 11 is 0. The fraction of sp³-hybridized carbons (Fsp3) is 0.357. The Hall–Kier alpha value is -2.49. The van der Waals surface area contributed by atoms with Crippen LogP contribution in [-0.4, -0.2) is 17.9 Å². The minimum Gasteiger partial charge on any atom is -0.368 e. The Kier molecular flexibility index (Phi) is 5.79. The van der Waals surface area contributed by atoms with E-state index in [1.54, 1.807) is 6.92 Å². The third-order valence-electron chi connectivity index (χ3n) is 3.00. The van der Waals surface area contributed by atoms with E-state index >= 15 is 0 Å². The maximum Gasteiger partial charge on any atom is 0.240 e. The SMILES string of the molecule is C[C@H](CC#N)[C@H](NC(=O)Cc1c(F)cccc1F)C(N)=O. The summed E-state index contributed by atoms with van der Waals surface area (Å²) in [5.74, 6) is -3.73. The number of carbonyl (C=O) groups is 2. The van der Waals surface area contributed by atoms with Crippen molar-refractivity contribution in [1.29, 1.82) is 5.26 Å². The lowest BCUT2D eigenvalue weighted by Crippen LogP contribution is -2.48. The van der Waals surface area contributed by atoms with Gasteiger partial charge in [0, 0.05) is 12.0 Å².